The summed E-state index contributed by atoms with van der Waals surface area (Å²) in [4.78, 5) is 24.9. The number of aliphatic hydroxyl groups is 1. The molecule has 0 amide bonds. The zero-order valence-electron chi connectivity index (χ0n) is 10.2. The predicted molar refractivity (Wildman–Crippen MR) is 61.2 cm³/mol. The molecule has 0 saturated carbocycles. The number of hydrogen-bond donors (Lipinski definition) is 2. The Bertz CT molecular complexity index is 583. The van der Waals surface area contributed by atoms with Gasteiger partial charge in [-0.2, -0.15) is 0 Å². The van der Waals surface area contributed by atoms with E-state index in [1.165, 1.54) is 13.1 Å². The van der Waals surface area contributed by atoms with Gasteiger partial charge in [0.2, 0.25) is 0 Å². The topological polar surface area (TPSA) is 84.3 Å². The average Bonchev–Trinajstić information content (AvgIpc) is 2.79. The Morgan fingerprint density at radius 1 is 1.63 bits per heavy atom. The van der Waals surface area contributed by atoms with Crippen LogP contribution >= 0.6 is 0 Å². The van der Waals surface area contributed by atoms with Crippen LogP contribution in [0.25, 0.3) is 0 Å². The second-order valence-electron chi connectivity index (χ2n) is 4.61. The lowest BCUT2D eigenvalue weighted by Crippen LogP contribution is -2.42. The molecular weight excluding hydrogens is 262 g/mol. The summed E-state index contributed by atoms with van der Waals surface area (Å²) >= 11 is 0. The van der Waals surface area contributed by atoms with Crippen molar-refractivity contribution in [2.75, 3.05) is 6.61 Å². The van der Waals surface area contributed by atoms with Crippen LogP contribution in [0.4, 0.5) is 8.78 Å². The summed E-state index contributed by atoms with van der Waals surface area (Å²) in [6.45, 7) is 0.675. The number of hydrogen-bond acceptors (Lipinski definition) is 4. The molecule has 2 atom stereocenters. The van der Waals surface area contributed by atoms with Gasteiger partial charge in [0.05, 0.1) is 6.61 Å². The highest BCUT2D eigenvalue weighted by molar-refractivity contribution is 5.02. The molecule has 2 heterocycles. The van der Waals surface area contributed by atoms with E-state index in [4.69, 9.17) is 9.84 Å². The molecule has 2 rings (SSSR count). The molecule has 106 valence electrons. The van der Waals surface area contributed by atoms with E-state index < -0.39 is 36.1 Å². The maximum atomic E-state index is 12.9. The molecule has 0 bridgehead atoms. The van der Waals surface area contributed by atoms with Crippen molar-refractivity contribution in [3.05, 3.63) is 32.6 Å². The number of ether oxygens (including phenoxy) is 1. The molecule has 0 unspecified atom stereocenters. The number of nitrogens with one attached hydrogen (secondary N) is 1. The van der Waals surface area contributed by atoms with Crippen LogP contribution in [0.2, 0.25) is 0 Å². The van der Waals surface area contributed by atoms with Crippen LogP contribution in [0.5, 0.6) is 0 Å². The van der Waals surface area contributed by atoms with Gasteiger partial charge in [0, 0.05) is 11.8 Å². The molecule has 6 nitrogen and oxygen atoms in total. The molecule has 0 spiro atoms. The number of aromatic amines is 1. The van der Waals surface area contributed by atoms with Crippen LogP contribution in [-0.2, 0) is 4.74 Å². The van der Waals surface area contributed by atoms with Gasteiger partial charge in [0.15, 0.2) is 5.60 Å². The normalized spacial score (nSPS) is 27.1. The van der Waals surface area contributed by atoms with E-state index in [-0.39, 0.29) is 18.4 Å². The first-order chi connectivity index (χ1) is 8.89. The lowest BCUT2D eigenvalue weighted by Gasteiger charge is -2.26. The largest absolute Gasteiger partial charge is 0.393 e. The Balaban J connectivity index is 2.34. The van der Waals surface area contributed by atoms with Crippen molar-refractivity contribution in [1.82, 2.24) is 9.55 Å². The van der Waals surface area contributed by atoms with Crippen molar-refractivity contribution >= 4 is 0 Å². The Kier molecular flexibility index (Phi) is 3.55. The number of aryl methyl sites for hydroxylation is 1. The number of halogens is 2. The van der Waals surface area contributed by atoms with Crippen molar-refractivity contribution in [3.63, 3.8) is 0 Å². The van der Waals surface area contributed by atoms with Crippen molar-refractivity contribution in [1.29, 1.82) is 0 Å². The second kappa shape index (κ2) is 4.86. The SMILES string of the molecule is Cc1cn([C@H]2CC[C@](CO)(C(F)F)O2)c(=O)[nH]c1=O. The molecule has 0 radical (unpaired) electrons. The zero-order chi connectivity index (χ0) is 14.2. The Hall–Kier alpha value is -1.54. The third-order valence-corrected chi connectivity index (χ3v) is 3.31. The van der Waals surface area contributed by atoms with Gasteiger partial charge in [-0.1, -0.05) is 0 Å². The van der Waals surface area contributed by atoms with Crippen LogP contribution in [0.1, 0.15) is 24.6 Å². The van der Waals surface area contributed by atoms with E-state index >= 15 is 0 Å². The summed E-state index contributed by atoms with van der Waals surface area (Å²) in [5.41, 5.74) is -2.90. The number of alkyl halides is 2. The minimum atomic E-state index is -2.85. The average molecular weight is 276 g/mol. The van der Waals surface area contributed by atoms with Gasteiger partial charge < -0.3 is 9.84 Å². The quantitative estimate of drug-likeness (QED) is 0.823. The Morgan fingerprint density at radius 3 is 2.84 bits per heavy atom. The molecule has 8 heteroatoms. The summed E-state index contributed by atoms with van der Waals surface area (Å²) in [7, 11) is 0. The first-order valence-corrected chi connectivity index (χ1v) is 5.78. The minimum Gasteiger partial charge on any atom is -0.393 e. The van der Waals surface area contributed by atoms with Gasteiger partial charge in [0.1, 0.15) is 6.23 Å². The maximum Gasteiger partial charge on any atom is 0.330 e. The van der Waals surface area contributed by atoms with E-state index in [1.807, 2.05) is 0 Å². The van der Waals surface area contributed by atoms with Crippen molar-refractivity contribution in [2.24, 2.45) is 0 Å². The monoisotopic (exact) mass is 276 g/mol. The number of aromatic nitrogens is 2. The van der Waals surface area contributed by atoms with E-state index in [1.54, 1.807) is 0 Å². The van der Waals surface area contributed by atoms with E-state index in [0.717, 1.165) is 4.57 Å². The lowest BCUT2D eigenvalue weighted by molar-refractivity contribution is -0.169. The van der Waals surface area contributed by atoms with Crippen LogP contribution in [0.15, 0.2) is 15.8 Å². The lowest BCUT2D eigenvalue weighted by atomic mass is 10.0. The van der Waals surface area contributed by atoms with E-state index in [9.17, 15) is 18.4 Å². The summed E-state index contributed by atoms with van der Waals surface area (Å²) in [5, 5.41) is 9.07. The molecule has 19 heavy (non-hydrogen) atoms. The smallest absolute Gasteiger partial charge is 0.330 e. The maximum absolute atomic E-state index is 12.9. The van der Waals surface area contributed by atoms with E-state index in [2.05, 4.69) is 4.98 Å². The molecule has 0 aliphatic carbocycles. The Morgan fingerprint density at radius 2 is 2.32 bits per heavy atom. The van der Waals surface area contributed by atoms with Gasteiger partial charge in [-0.3, -0.25) is 14.3 Å². The van der Waals surface area contributed by atoms with Crippen LogP contribution < -0.4 is 11.2 Å². The summed E-state index contributed by atoms with van der Waals surface area (Å²) in [5.74, 6) is 0. The summed E-state index contributed by atoms with van der Waals surface area (Å²) in [6, 6.07) is 0. The second-order valence-corrected chi connectivity index (χ2v) is 4.61. The van der Waals surface area contributed by atoms with Crippen LogP contribution in [-0.4, -0.2) is 33.3 Å². The molecule has 1 aliphatic rings. The van der Waals surface area contributed by atoms with Gasteiger partial charge in [0.25, 0.3) is 12.0 Å². The highest BCUT2D eigenvalue weighted by Gasteiger charge is 2.48. The summed E-state index contributed by atoms with van der Waals surface area (Å²) in [6.07, 6.45) is -2.39. The van der Waals surface area contributed by atoms with Crippen LogP contribution in [0, 0.1) is 6.92 Å². The molecule has 1 aromatic rings. The van der Waals surface area contributed by atoms with Crippen molar-refractivity contribution < 1.29 is 18.6 Å². The molecular formula is C11H14F2N2O4. The van der Waals surface area contributed by atoms with Gasteiger partial charge in [-0.25, -0.2) is 13.6 Å². The predicted octanol–water partition coefficient (Wildman–Crippen LogP) is 0.150. The third-order valence-electron chi connectivity index (χ3n) is 3.31. The Labute approximate surface area is 106 Å². The highest BCUT2D eigenvalue weighted by atomic mass is 19.3. The number of rotatable bonds is 3. The highest BCUT2D eigenvalue weighted by Crippen LogP contribution is 2.39. The van der Waals surface area contributed by atoms with Crippen LogP contribution in [0.3, 0.4) is 0 Å². The molecule has 0 aromatic carbocycles. The van der Waals surface area contributed by atoms with Crippen molar-refractivity contribution in [3.8, 4) is 0 Å². The first kappa shape index (κ1) is 13.9. The molecule has 1 aromatic heterocycles. The summed E-state index contributed by atoms with van der Waals surface area (Å²) < 4.78 is 32.0. The zero-order valence-corrected chi connectivity index (χ0v) is 10.2. The fourth-order valence-corrected chi connectivity index (χ4v) is 2.10. The minimum absolute atomic E-state index is 0.0591. The number of nitrogens with zero attached hydrogens (tertiary/aromatic N) is 1. The molecule has 1 aliphatic heterocycles. The number of aliphatic hydroxyl groups excluding tert-OH is 1. The van der Waals surface area contributed by atoms with E-state index in [0.29, 0.717) is 0 Å². The van der Waals surface area contributed by atoms with Gasteiger partial charge in [-0.05, 0) is 19.8 Å². The molecule has 2 N–H and O–H groups in total. The third kappa shape index (κ3) is 2.33. The van der Waals surface area contributed by atoms with Gasteiger partial charge in [-0.15, -0.1) is 0 Å². The molecule has 1 fully saturated rings. The van der Waals surface area contributed by atoms with Gasteiger partial charge >= 0.3 is 5.69 Å². The fraction of sp³-hybridized carbons (Fsp3) is 0.636. The fourth-order valence-electron chi connectivity index (χ4n) is 2.10. The first-order valence-electron chi connectivity index (χ1n) is 5.78. The van der Waals surface area contributed by atoms with Crippen molar-refractivity contribution in [2.45, 2.75) is 38.0 Å². The number of H-pyrrole nitrogens is 1. The standard InChI is InChI=1S/C11H14F2N2O4/c1-6-4-15(10(18)14-8(6)17)7-2-3-11(5-16,19-7)9(12)13/h4,7,9,16H,2-3,5H2,1H3,(H,14,17,18)/t7-,11+/m1/s1. The molecule has 1 saturated heterocycles.